The highest BCUT2D eigenvalue weighted by Crippen LogP contribution is 2.32. The van der Waals surface area contributed by atoms with Crippen LogP contribution < -0.4 is 10.3 Å². The Bertz CT molecular complexity index is 1650. The zero-order chi connectivity index (χ0) is 24.8. The fourth-order valence-electron chi connectivity index (χ4n) is 4.78. The second kappa shape index (κ2) is 8.49. The second-order valence-electron chi connectivity index (χ2n) is 8.90. The van der Waals surface area contributed by atoms with Crippen molar-refractivity contribution in [3.8, 4) is 11.1 Å². The minimum atomic E-state index is -1.34. The van der Waals surface area contributed by atoms with E-state index in [1.54, 1.807) is 16.8 Å². The van der Waals surface area contributed by atoms with Crippen molar-refractivity contribution in [2.75, 3.05) is 4.90 Å². The topological polar surface area (TPSA) is 91.2 Å². The van der Waals surface area contributed by atoms with Gasteiger partial charge in [-0.3, -0.25) is 9.89 Å². The molecule has 0 saturated heterocycles. The molecule has 2 N–H and O–H groups in total. The molecule has 0 atom stereocenters. The monoisotopic (exact) mass is 480 g/mol. The van der Waals surface area contributed by atoms with Gasteiger partial charge in [0, 0.05) is 36.4 Å². The van der Waals surface area contributed by atoms with Crippen LogP contribution in [0.2, 0.25) is 0 Å². The van der Waals surface area contributed by atoms with Crippen molar-refractivity contribution < 1.29 is 14.3 Å². The first-order valence-corrected chi connectivity index (χ1v) is 11.5. The van der Waals surface area contributed by atoms with Gasteiger partial charge in [-0.15, -0.1) is 0 Å². The predicted molar refractivity (Wildman–Crippen MR) is 135 cm³/mol. The average Bonchev–Trinajstić information content (AvgIpc) is 3.49. The summed E-state index contributed by atoms with van der Waals surface area (Å²) in [5, 5.41) is 16.7. The summed E-state index contributed by atoms with van der Waals surface area (Å²) in [5.74, 6) is -1.92. The number of aromatic carboxylic acids is 1. The van der Waals surface area contributed by atoms with Crippen LogP contribution in [-0.2, 0) is 19.6 Å². The second-order valence-corrected chi connectivity index (χ2v) is 8.90. The Balaban J connectivity index is 1.43. The summed E-state index contributed by atoms with van der Waals surface area (Å²) >= 11 is 0. The summed E-state index contributed by atoms with van der Waals surface area (Å²) in [4.78, 5) is 26.6. The van der Waals surface area contributed by atoms with Crippen LogP contribution >= 0.6 is 0 Å². The Labute approximate surface area is 205 Å². The molecule has 5 aromatic rings. The third-order valence-electron chi connectivity index (χ3n) is 6.64. The van der Waals surface area contributed by atoms with Crippen molar-refractivity contribution in [1.82, 2.24) is 14.8 Å². The molecule has 0 radical (unpaired) electrons. The summed E-state index contributed by atoms with van der Waals surface area (Å²) in [7, 11) is 0. The molecule has 8 heteroatoms. The molecule has 0 aliphatic carbocycles. The van der Waals surface area contributed by atoms with Gasteiger partial charge in [0.1, 0.15) is 11.4 Å². The number of pyridine rings is 1. The maximum Gasteiger partial charge on any atom is 0.341 e. The third kappa shape index (κ3) is 3.73. The molecule has 36 heavy (non-hydrogen) atoms. The number of carbonyl (C=O) groups is 1. The van der Waals surface area contributed by atoms with E-state index in [-0.39, 0.29) is 5.39 Å². The van der Waals surface area contributed by atoms with Gasteiger partial charge in [0.15, 0.2) is 0 Å². The van der Waals surface area contributed by atoms with Crippen LogP contribution in [-0.4, -0.2) is 25.8 Å². The standard InChI is InChI=1S/C28H21FN4O3/c29-23-10-21-25(11-26(23)33-14-20-12-30-31-24(20)16-33)32(15-22(27(21)34)28(35)36)13-17-6-8-19(9-7-17)18-4-2-1-3-5-18/h1-12,15H,13-14,16H2,(H,30,31)(H,35,36). The van der Waals surface area contributed by atoms with Gasteiger partial charge in [-0.05, 0) is 28.8 Å². The number of aromatic amines is 1. The molecular formula is C28H21FN4O3. The molecule has 0 unspecified atom stereocenters. The summed E-state index contributed by atoms with van der Waals surface area (Å²) in [6.45, 7) is 1.26. The average molecular weight is 480 g/mol. The Morgan fingerprint density at radius 2 is 1.78 bits per heavy atom. The molecule has 0 saturated carbocycles. The third-order valence-corrected chi connectivity index (χ3v) is 6.64. The number of nitrogens with zero attached hydrogens (tertiary/aromatic N) is 3. The van der Waals surface area contributed by atoms with Crippen LogP contribution in [0.25, 0.3) is 22.0 Å². The summed E-state index contributed by atoms with van der Waals surface area (Å²) < 4.78 is 16.9. The first-order valence-electron chi connectivity index (χ1n) is 11.5. The molecule has 3 aromatic carbocycles. The maximum atomic E-state index is 15.2. The molecule has 1 aliphatic rings. The number of carboxylic acids is 1. The molecule has 2 aromatic heterocycles. The number of anilines is 1. The van der Waals surface area contributed by atoms with E-state index >= 15 is 4.39 Å². The Hall–Kier alpha value is -4.72. The minimum Gasteiger partial charge on any atom is -0.477 e. The SMILES string of the molecule is O=C(O)c1cn(Cc2ccc(-c3ccccc3)cc2)c2cc(N3Cc4c[nH]nc4C3)c(F)cc2c1=O. The highest BCUT2D eigenvalue weighted by Gasteiger charge is 2.25. The van der Waals surface area contributed by atoms with Gasteiger partial charge < -0.3 is 14.6 Å². The van der Waals surface area contributed by atoms with Crippen LogP contribution in [0.3, 0.4) is 0 Å². The van der Waals surface area contributed by atoms with Gasteiger partial charge >= 0.3 is 5.97 Å². The van der Waals surface area contributed by atoms with Crippen molar-refractivity contribution in [2.45, 2.75) is 19.6 Å². The number of carboxylic acid groups (broad SMARTS) is 1. The zero-order valence-corrected chi connectivity index (χ0v) is 19.1. The quantitative estimate of drug-likeness (QED) is 0.377. The largest absolute Gasteiger partial charge is 0.477 e. The minimum absolute atomic E-state index is 0.0367. The smallest absolute Gasteiger partial charge is 0.341 e. The lowest BCUT2D eigenvalue weighted by molar-refractivity contribution is 0.0695. The number of benzene rings is 3. The van der Waals surface area contributed by atoms with Crippen LogP contribution in [0.1, 0.15) is 27.2 Å². The molecule has 1 aliphatic heterocycles. The van der Waals surface area contributed by atoms with Gasteiger partial charge in [0.25, 0.3) is 0 Å². The van der Waals surface area contributed by atoms with Crippen LogP contribution in [0.5, 0.6) is 0 Å². The number of fused-ring (bicyclic) bond motifs is 2. The number of halogens is 1. The number of hydrogen-bond acceptors (Lipinski definition) is 4. The molecular weight excluding hydrogens is 459 g/mol. The fourth-order valence-corrected chi connectivity index (χ4v) is 4.78. The van der Waals surface area contributed by atoms with Gasteiger partial charge in [-0.25, -0.2) is 9.18 Å². The molecule has 3 heterocycles. The summed E-state index contributed by atoms with van der Waals surface area (Å²) in [6, 6.07) is 20.7. The van der Waals surface area contributed by atoms with E-state index in [4.69, 9.17) is 0 Å². The van der Waals surface area contributed by atoms with E-state index in [0.29, 0.717) is 30.8 Å². The molecule has 6 rings (SSSR count). The number of rotatable bonds is 5. The summed E-state index contributed by atoms with van der Waals surface area (Å²) in [6.07, 6.45) is 3.14. The van der Waals surface area contributed by atoms with Crippen LogP contribution in [0.4, 0.5) is 10.1 Å². The lowest BCUT2D eigenvalue weighted by Gasteiger charge is -2.21. The van der Waals surface area contributed by atoms with Gasteiger partial charge in [0.2, 0.25) is 5.43 Å². The van der Waals surface area contributed by atoms with E-state index in [1.807, 2.05) is 59.5 Å². The van der Waals surface area contributed by atoms with Crippen molar-refractivity contribution in [2.24, 2.45) is 0 Å². The highest BCUT2D eigenvalue weighted by molar-refractivity contribution is 5.93. The number of aromatic nitrogens is 3. The normalized spacial score (nSPS) is 12.8. The van der Waals surface area contributed by atoms with Crippen LogP contribution in [0, 0.1) is 5.82 Å². The number of hydrogen-bond donors (Lipinski definition) is 2. The predicted octanol–water partition coefficient (Wildman–Crippen LogP) is 4.80. The molecule has 0 fully saturated rings. The van der Waals surface area contributed by atoms with E-state index in [9.17, 15) is 14.7 Å². The number of nitrogens with one attached hydrogen (secondary N) is 1. The van der Waals surface area contributed by atoms with E-state index in [1.165, 1.54) is 6.20 Å². The molecule has 0 spiro atoms. The molecule has 7 nitrogen and oxygen atoms in total. The van der Waals surface area contributed by atoms with Crippen molar-refractivity contribution in [1.29, 1.82) is 0 Å². The van der Waals surface area contributed by atoms with E-state index in [2.05, 4.69) is 10.2 Å². The summed E-state index contributed by atoms with van der Waals surface area (Å²) in [5.41, 5.74) is 4.64. The highest BCUT2D eigenvalue weighted by atomic mass is 19.1. The fraction of sp³-hybridized carbons (Fsp3) is 0.107. The van der Waals surface area contributed by atoms with Gasteiger partial charge in [-0.1, -0.05) is 54.6 Å². The lowest BCUT2D eigenvalue weighted by atomic mass is 10.0. The molecule has 0 bridgehead atoms. The van der Waals surface area contributed by atoms with Crippen molar-refractivity contribution in [3.63, 3.8) is 0 Å². The van der Waals surface area contributed by atoms with Gasteiger partial charge in [-0.2, -0.15) is 5.10 Å². The first kappa shape index (κ1) is 21.8. The Morgan fingerprint density at radius 1 is 1.03 bits per heavy atom. The zero-order valence-electron chi connectivity index (χ0n) is 19.1. The molecule has 178 valence electrons. The van der Waals surface area contributed by atoms with Crippen molar-refractivity contribution >= 4 is 22.6 Å². The lowest BCUT2D eigenvalue weighted by Crippen LogP contribution is -2.21. The van der Waals surface area contributed by atoms with Gasteiger partial charge in [0.05, 0.1) is 23.4 Å². The Kier molecular flexibility index (Phi) is 5.14. The maximum absolute atomic E-state index is 15.2. The van der Waals surface area contributed by atoms with Crippen LogP contribution in [0.15, 0.2) is 83.9 Å². The number of H-pyrrole nitrogens is 1. The molecule has 0 amide bonds. The Morgan fingerprint density at radius 3 is 2.50 bits per heavy atom. The van der Waals surface area contributed by atoms with Crippen molar-refractivity contribution in [3.05, 3.63) is 118 Å². The van der Waals surface area contributed by atoms with E-state index < -0.39 is 22.8 Å². The first-order chi connectivity index (χ1) is 17.5. The van der Waals surface area contributed by atoms with E-state index in [0.717, 1.165) is 34.0 Å².